The van der Waals surface area contributed by atoms with E-state index in [0.29, 0.717) is 22.0 Å². The lowest BCUT2D eigenvalue weighted by Gasteiger charge is -2.32. The Bertz CT molecular complexity index is 1120. The summed E-state index contributed by atoms with van der Waals surface area (Å²) in [6.45, 7) is 6.89. The van der Waals surface area contributed by atoms with E-state index < -0.39 is 28.5 Å². The first-order valence-electron chi connectivity index (χ1n) is 10.9. The first-order chi connectivity index (χ1) is 15.9. The molecule has 0 saturated heterocycles. The van der Waals surface area contributed by atoms with E-state index in [1.165, 1.54) is 24.1 Å². The van der Waals surface area contributed by atoms with Crippen LogP contribution in [0.1, 0.15) is 38.3 Å². The Labute approximate surface area is 212 Å². The molecule has 2 aromatic rings. The fraction of sp³-hybridized carbons (Fsp3) is 0.417. The van der Waals surface area contributed by atoms with Crippen LogP contribution in [-0.2, 0) is 26.2 Å². The van der Waals surface area contributed by atoms with Gasteiger partial charge in [-0.3, -0.25) is 9.59 Å². The van der Waals surface area contributed by atoms with Crippen molar-refractivity contribution in [2.45, 2.75) is 57.6 Å². The van der Waals surface area contributed by atoms with Crippen LogP contribution >= 0.6 is 23.2 Å². The summed E-state index contributed by atoms with van der Waals surface area (Å²) in [7, 11) is -2.56. The van der Waals surface area contributed by atoms with E-state index in [1.807, 2.05) is 20.8 Å². The van der Waals surface area contributed by atoms with Crippen molar-refractivity contribution >= 4 is 45.0 Å². The zero-order valence-electron chi connectivity index (χ0n) is 20.0. The zero-order chi connectivity index (χ0) is 25.6. The minimum atomic E-state index is -3.90. The predicted octanol–water partition coefficient (Wildman–Crippen LogP) is 4.25. The Kier molecular flexibility index (Phi) is 9.94. The summed E-state index contributed by atoms with van der Waals surface area (Å²) >= 11 is 12.3. The molecular weight excluding hydrogens is 497 g/mol. The molecule has 7 nitrogen and oxygen atoms in total. The molecule has 1 N–H and O–H groups in total. The second-order valence-corrected chi connectivity index (χ2v) is 11.3. The van der Waals surface area contributed by atoms with Gasteiger partial charge in [0, 0.05) is 29.7 Å². The van der Waals surface area contributed by atoms with Gasteiger partial charge in [0.15, 0.2) is 0 Å². The lowest BCUT2D eigenvalue weighted by molar-refractivity contribution is -0.141. The second kappa shape index (κ2) is 12.0. The molecule has 0 bridgehead atoms. The molecule has 2 rings (SSSR count). The average Bonchev–Trinajstić information content (AvgIpc) is 2.74. The average molecular weight is 529 g/mol. The van der Waals surface area contributed by atoms with Crippen LogP contribution in [0.15, 0.2) is 47.4 Å². The van der Waals surface area contributed by atoms with E-state index in [0.717, 1.165) is 9.87 Å². The molecule has 0 aliphatic heterocycles. The molecule has 186 valence electrons. The third-order valence-corrected chi connectivity index (χ3v) is 7.66. The summed E-state index contributed by atoms with van der Waals surface area (Å²) in [5.74, 6) is -0.838. The standard InChI is InChI=1S/C24H31Cl2N3O4S/c1-6-22(24(31)27-16(2)3)29(14-18-9-10-19(25)13-21(18)26)23(30)15-28(5)34(32,33)20-11-7-17(4)8-12-20/h7-13,16,22H,6,14-15H2,1-5H3,(H,27,31)/t22-/m1/s1. The number of rotatable bonds is 10. The monoisotopic (exact) mass is 527 g/mol. The molecule has 2 amide bonds. The van der Waals surface area contributed by atoms with Crippen LogP contribution in [0.25, 0.3) is 0 Å². The Morgan fingerprint density at radius 2 is 1.68 bits per heavy atom. The summed E-state index contributed by atoms with van der Waals surface area (Å²) in [5.41, 5.74) is 1.52. The van der Waals surface area contributed by atoms with Gasteiger partial charge in [0.1, 0.15) is 6.04 Å². The highest BCUT2D eigenvalue weighted by molar-refractivity contribution is 7.89. The van der Waals surface area contributed by atoms with E-state index in [9.17, 15) is 18.0 Å². The Hall–Kier alpha value is -2.13. The highest BCUT2D eigenvalue weighted by Gasteiger charge is 2.32. The van der Waals surface area contributed by atoms with Crippen molar-refractivity contribution in [1.29, 1.82) is 0 Å². The second-order valence-electron chi connectivity index (χ2n) is 8.42. The highest BCUT2D eigenvalue weighted by Crippen LogP contribution is 2.24. The van der Waals surface area contributed by atoms with E-state index in [-0.39, 0.29) is 23.4 Å². The minimum Gasteiger partial charge on any atom is -0.352 e. The molecule has 2 aromatic carbocycles. The molecule has 0 fully saturated rings. The van der Waals surface area contributed by atoms with Gasteiger partial charge in [-0.1, -0.05) is 53.9 Å². The molecule has 0 aliphatic carbocycles. The van der Waals surface area contributed by atoms with Crippen LogP contribution < -0.4 is 5.32 Å². The van der Waals surface area contributed by atoms with Gasteiger partial charge in [0.25, 0.3) is 0 Å². The van der Waals surface area contributed by atoms with Crippen molar-refractivity contribution in [3.05, 3.63) is 63.6 Å². The van der Waals surface area contributed by atoms with Gasteiger partial charge >= 0.3 is 0 Å². The van der Waals surface area contributed by atoms with Crippen LogP contribution in [0, 0.1) is 6.92 Å². The minimum absolute atomic E-state index is 0.0251. The summed E-state index contributed by atoms with van der Waals surface area (Å²) in [4.78, 5) is 27.8. The maximum absolute atomic E-state index is 13.4. The lowest BCUT2D eigenvalue weighted by Crippen LogP contribution is -2.52. The predicted molar refractivity (Wildman–Crippen MR) is 135 cm³/mol. The number of hydrogen-bond acceptors (Lipinski definition) is 4. The van der Waals surface area contributed by atoms with Crippen molar-refractivity contribution in [3.8, 4) is 0 Å². The number of sulfonamides is 1. The Morgan fingerprint density at radius 3 is 2.21 bits per heavy atom. The number of nitrogens with one attached hydrogen (secondary N) is 1. The molecule has 0 unspecified atom stereocenters. The number of halogens is 2. The fourth-order valence-corrected chi connectivity index (χ4v) is 4.98. The smallest absolute Gasteiger partial charge is 0.243 e. The Balaban J connectivity index is 2.36. The number of amides is 2. The quantitative estimate of drug-likeness (QED) is 0.500. The van der Waals surface area contributed by atoms with E-state index in [1.54, 1.807) is 37.3 Å². The number of carbonyl (C=O) groups is 2. The third kappa shape index (κ3) is 7.18. The fourth-order valence-electron chi connectivity index (χ4n) is 3.39. The Morgan fingerprint density at radius 1 is 1.06 bits per heavy atom. The van der Waals surface area contributed by atoms with Gasteiger partial charge in [-0.25, -0.2) is 8.42 Å². The number of hydrogen-bond donors (Lipinski definition) is 1. The SMILES string of the molecule is CC[C@H](C(=O)NC(C)C)N(Cc1ccc(Cl)cc1Cl)C(=O)CN(C)S(=O)(=O)c1ccc(C)cc1. The van der Waals surface area contributed by atoms with Gasteiger partial charge in [-0.05, 0) is 57.0 Å². The molecule has 0 radical (unpaired) electrons. The maximum Gasteiger partial charge on any atom is 0.243 e. The van der Waals surface area contributed by atoms with Gasteiger partial charge in [-0.15, -0.1) is 0 Å². The van der Waals surface area contributed by atoms with Crippen LogP contribution in [-0.4, -0.2) is 55.1 Å². The van der Waals surface area contributed by atoms with Gasteiger partial charge < -0.3 is 10.2 Å². The van der Waals surface area contributed by atoms with E-state index in [2.05, 4.69) is 5.32 Å². The largest absolute Gasteiger partial charge is 0.352 e. The molecule has 10 heteroatoms. The van der Waals surface area contributed by atoms with Crippen molar-refractivity contribution < 1.29 is 18.0 Å². The molecule has 0 heterocycles. The molecule has 0 saturated carbocycles. The van der Waals surface area contributed by atoms with Crippen molar-refractivity contribution in [3.63, 3.8) is 0 Å². The molecule has 0 aromatic heterocycles. The van der Waals surface area contributed by atoms with Gasteiger partial charge in [-0.2, -0.15) is 4.31 Å². The molecular formula is C24H31Cl2N3O4S. The molecule has 1 atom stereocenters. The maximum atomic E-state index is 13.4. The molecule has 0 spiro atoms. The summed E-state index contributed by atoms with van der Waals surface area (Å²) < 4.78 is 27.0. The summed E-state index contributed by atoms with van der Waals surface area (Å²) in [6.07, 6.45) is 0.337. The van der Waals surface area contributed by atoms with E-state index >= 15 is 0 Å². The van der Waals surface area contributed by atoms with Crippen molar-refractivity contribution in [1.82, 2.24) is 14.5 Å². The van der Waals surface area contributed by atoms with Crippen LogP contribution in [0.3, 0.4) is 0 Å². The summed E-state index contributed by atoms with van der Waals surface area (Å²) in [6, 6.07) is 10.4. The van der Waals surface area contributed by atoms with Gasteiger partial charge in [0.05, 0.1) is 11.4 Å². The molecule has 0 aliphatic rings. The van der Waals surface area contributed by atoms with Crippen molar-refractivity contribution in [2.75, 3.05) is 13.6 Å². The van der Waals surface area contributed by atoms with E-state index in [4.69, 9.17) is 23.2 Å². The van der Waals surface area contributed by atoms with Crippen LogP contribution in [0.2, 0.25) is 10.0 Å². The number of likely N-dealkylation sites (N-methyl/N-ethyl adjacent to an activating group) is 1. The zero-order valence-corrected chi connectivity index (χ0v) is 22.3. The lowest BCUT2D eigenvalue weighted by atomic mass is 10.1. The number of nitrogens with zero attached hydrogens (tertiary/aromatic N) is 2. The number of aryl methyl sites for hydroxylation is 1. The van der Waals surface area contributed by atoms with Crippen molar-refractivity contribution in [2.24, 2.45) is 0 Å². The number of carbonyl (C=O) groups excluding carboxylic acids is 2. The third-order valence-electron chi connectivity index (χ3n) is 5.26. The first kappa shape index (κ1) is 28.1. The topological polar surface area (TPSA) is 86.8 Å². The molecule has 34 heavy (non-hydrogen) atoms. The normalized spacial score (nSPS) is 12.6. The van der Waals surface area contributed by atoms with Crippen LogP contribution in [0.4, 0.5) is 0 Å². The number of benzene rings is 2. The highest BCUT2D eigenvalue weighted by atomic mass is 35.5. The summed E-state index contributed by atoms with van der Waals surface area (Å²) in [5, 5.41) is 3.63. The first-order valence-corrected chi connectivity index (χ1v) is 13.1. The van der Waals surface area contributed by atoms with Gasteiger partial charge in [0.2, 0.25) is 21.8 Å². The van der Waals surface area contributed by atoms with Crippen LogP contribution in [0.5, 0.6) is 0 Å².